The molecule has 1 aromatic carbocycles. The van der Waals surface area contributed by atoms with Crippen LogP contribution in [0, 0.1) is 0 Å². The minimum atomic E-state index is -0.518. The molecular weight excluding hydrogens is 416 g/mol. The van der Waals surface area contributed by atoms with Crippen LogP contribution in [-0.4, -0.2) is 61.0 Å². The van der Waals surface area contributed by atoms with Crippen molar-refractivity contribution < 1.29 is 14.3 Å². The lowest BCUT2D eigenvalue weighted by atomic mass is 10.0. The number of pyridine rings is 1. The van der Waals surface area contributed by atoms with E-state index in [1.54, 1.807) is 0 Å². The molecule has 2 aliphatic rings. The molecule has 1 saturated heterocycles. The zero-order chi connectivity index (χ0) is 23.3. The molecule has 33 heavy (non-hydrogen) atoms. The summed E-state index contributed by atoms with van der Waals surface area (Å²) in [6.45, 7) is 11.6. The Balaban J connectivity index is 1.34. The second-order valence-electron chi connectivity index (χ2n) is 9.52. The smallest absolute Gasteiger partial charge is 0.412 e. The number of anilines is 2. The molecule has 4 rings (SSSR count). The molecule has 0 atom stereocenters. The molecule has 7 heteroatoms. The highest BCUT2D eigenvalue weighted by Crippen LogP contribution is 2.25. The van der Waals surface area contributed by atoms with Crippen molar-refractivity contribution in [2.24, 2.45) is 0 Å². The third-order valence-electron chi connectivity index (χ3n) is 5.67. The standard InChI is InChI=1S/C26H34N4O3/c1-26(2,3)33-25(31)27-22-7-4-6-20(18-22)19-29-12-10-21(11-13-29)23-8-5-9-24(28-23)30-14-16-32-17-15-30/h4-10,18H,11-17,19H2,1-3H3,(H,27,31). The molecule has 1 aromatic heterocycles. The highest BCUT2D eigenvalue weighted by molar-refractivity contribution is 5.84. The predicted octanol–water partition coefficient (Wildman–Crippen LogP) is 4.55. The Hall–Kier alpha value is -2.90. The molecule has 0 saturated carbocycles. The van der Waals surface area contributed by atoms with Crippen LogP contribution in [0.5, 0.6) is 0 Å². The fourth-order valence-electron chi connectivity index (χ4n) is 4.09. The summed E-state index contributed by atoms with van der Waals surface area (Å²) in [7, 11) is 0. The topological polar surface area (TPSA) is 66.9 Å². The van der Waals surface area contributed by atoms with Crippen molar-refractivity contribution >= 4 is 23.2 Å². The van der Waals surface area contributed by atoms with Crippen molar-refractivity contribution in [3.63, 3.8) is 0 Å². The maximum absolute atomic E-state index is 12.1. The first kappa shape index (κ1) is 23.3. The maximum Gasteiger partial charge on any atom is 0.412 e. The summed E-state index contributed by atoms with van der Waals surface area (Å²) in [6, 6.07) is 14.2. The highest BCUT2D eigenvalue weighted by Gasteiger charge is 2.18. The number of nitrogens with one attached hydrogen (secondary N) is 1. The van der Waals surface area contributed by atoms with Crippen LogP contribution in [0.2, 0.25) is 0 Å². The second-order valence-corrected chi connectivity index (χ2v) is 9.52. The van der Waals surface area contributed by atoms with E-state index in [2.05, 4.69) is 45.5 Å². The van der Waals surface area contributed by atoms with Gasteiger partial charge in [-0.1, -0.05) is 24.3 Å². The SMILES string of the molecule is CC(C)(C)OC(=O)Nc1cccc(CN2CC=C(c3cccc(N4CCOCC4)n3)CC2)c1. The van der Waals surface area contributed by atoms with Crippen molar-refractivity contribution in [3.05, 3.63) is 59.8 Å². The van der Waals surface area contributed by atoms with Crippen LogP contribution in [0.25, 0.3) is 5.57 Å². The van der Waals surface area contributed by atoms with Gasteiger partial charge < -0.3 is 14.4 Å². The molecule has 1 N–H and O–H groups in total. The van der Waals surface area contributed by atoms with Crippen LogP contribution in [0.3, 0.4) is 0 Å². The van der Waals surface area contributed by atoms with Crippen molar-refractivity contribution in [1.29, 1.82) is 0 Å². The Labute approximate surface area is 196 Å². The number of carbonyl (C=O) groups excluding carboxylic acids is 1. The lowest BCUT2D eigenvalue weighted by Crippen LogP contribution is -2.36. The van der Waals surface area contributed by atoms with Crippen LogP contribution in [-0.2, 0) is 16.0 Å². The number of nitrogens with zero attached hydrogens (tertiary/aromatic N) is 3. The Morgan fingerprint density at radius 1 is 1.12 bits per heavy atom. The molecule has 176 valence electrons. The summed E-state index contributed by atoms with van der Waals surface area (Å²) in [5.41, 5.74) is 3.77. The summed E-state index contributed by atoms with van der Waals surface area (Å²) in [5.74, 6) is 1.04. The van der Waals surface area contributed by atoms with E-state index >= 15 is 0 Å². The van der Waals surface area contributed by atoms with E-state index in [1.807, 2.05) is 39.0 Å². The van der Waals surface area contributed by atoms with E-state index < -0.39 is 11.7 Å². The zero-order valence-electron chi connectivity index (χ0n) is 19.8. The fourth-order valence-corrected chi connectivity index (χ4v) is 4.09. The molecule has 0 radical (unpaired) electrons. The van der Waals surface area contributed by atoms with Crippen molar-refractivity contribution in [1.82, 2.24) is 9.88 Å². The number of amides is 1. The quantitative estimate of drug-likeness (QED) is 0.721. The van der Waals surface area contributed by atoms with E-state index in [0.29, 0.717) is 0 Å². The van der Waals surface area contributed by atoms with E-state index in [4.69, 9.17) is 14.5 Å². The van der Waals surface area contributed by atoms with Gasteiger partial charge in [-0.25, -0.2) is 9.78 Å². The van der Waals surface area contributed by atoms with Crippen molar-refractivity contribution in [2.45, 2.75) is 39.3 Å². The van der Waals surface area contributed by atoms with Crippen LogP contribution < -0.4 is 10.2 Å². The van der Waals surface area contributed by atoms with E-state index in [9.17, 15) is 4.79 Å². The molecule has 7 nitrogen and oxygen atoms in total. The van der Waals surface area contributed by atoms with Gasteiger partial charge in [0.15, 0.2) is 0 Å². The molecular formula is C26H34N4O3. The van der Waals surface area contributed by atoms with Crippen molar-refractivity contribution in [2.75, 3.05) is 49.6 Å². The Kier molecular flexibility index (Phi) is 7.30. The number of aromatic nitrogens is 1. The third-order valence-corrected chi connectivity index (χ3v) is 5.67. The monoisotopic (exact) mass is 450 g/mol. The summed E-state index contributed by atoms with van der Waals surface area (Å²) < 4.78 is 10.8. The average Bonchev–Trinajstić information content (AvgIpc) is 2.79. The summed E-state index contributed by atoms with van der Waals surface area (Å²) >= 11 is 0. The molecule has 0 unspecified atom stereocenters. The molecule has 0 bridgehead atoms. The number of carbonyl (C=O) groups is 1. The van der Waals surface area contributed by atoms with Gasteiger partial charge in [-0.15, -0.1) is 0 Å². The molecule has 0 aliphatic carbocycles. The Bertz CT molecular complexity index is 993. The van der Waals surface area contributed by atoms with Gasteiger partial charge in [-0.05, 0) is 62.6 Å². The first-order chi connectivity index (χ1) is 15.9. The van der Waals surface area contributed by atoms with E-state index in [0.717, 1.165) is 75.1 Å². The minimum absolute atomic E-state index is 0.433. The Morgan fingerprint density at radius 3 is 2.64 bits per heavy atom. The number of morpholine rings is 1. The number of rotatable bonds is 5. The summed E-state index contributed by atoms with van der Waals surface area (Å²) in [4.78, 5) is 21.7. The highest BCUT2D eigenvalue weighted by atomic mass is 16.6. The van der Waals surface area contributed by atoms with Gasteiger partial charge in [0.05, 0.1) is 18.9 Å². The minimum Gasteiger partial charge on any atom is -0.444 e. The van der Waals surface area contributed by atoms with Gasteiger partial charge in [0.25, 0.3) is 0 Å². The van der Waals surface area contributed by atoms with Crippen LogP contribution >= 0.6 is 0 Å². The van der Waals surface area contributed by atoms with Crippen LogP contribution in [0.4, 0.5) is 16.3 Å². The molecule has 2 aromatic rings. The van der Waals surface area contributed by atoms with Gasteiger partial charge in [-0.2, -0.15) is 0 Å². The van der Waals surface area contributed by atoms with Gasteiger partial charge in [0.2, 0.25) is 0 Å². The fraction of sp³-hybridized carbons (Fsp3) is 0.462. The average molecular weight is 451 g/mol. The predicted molar refractivity (Wildman–Crippen MR) is 131 cm³/mol. The molecule has 0 spiro atoms. The normalized spacial score (nSPS) is 17.4. The van der Waals surface area contributed by atoms with E-state index in [-0.39, 0.29) is 0 Å². The van der Waals surface area contributed by atoms with Gasteiger partial charge >= 0.3 is 6.09 Å². The van der Waals surface area contributed by atoms with Gasteiger partial charge in [0.1, 0.15) is 11.4 Å². The van der Waals surface area contributed by atoms with Gasteiger partial charge in [0, 0.05) is 38.4 Å². The largest absolute Gasteiger partial charge is 0.444 e. The van der Waals surface area contributed by atoms with E-state index in [1.165, 1.54) is 5.57 Å². The summed E-state index contributed by atoms with van der Waals surface area (Å²) in [5, 5.41) is 2.83. The maximum atomic E-state index is 12.1. The molecule has 3 heterocycles. The number of hydrogen-bond donors (Lipinski definition) is 1. The zero-order valence-corrected chi connectivity index (χ0v) is 19.8. The molecule has 1 amide bonds. The van der Waals surface area contributed by atoms with Gasteiger partial charge in [-0.3, -0.25) is 10.2 Å². The molecule has 2 aliphatic heterocycles. The summed E-state index contributed by atoms with van der Waals surface area (Å²) in [6.07, 6.45) is 2.82. The van der Waals surface area contributed by atoms with Crippen LogP contribution in [0.1, 0.15) is 38.4 Å². The first-order valence-corrected chi connectivity index (χ1v) is 11.7. The third kappa shape index (κ3) is 6.79. The lowest BCUT2D eigenvalue weighted by Gasteiger charge is -2.29. The second kappa shape index (κ2) is 10.4. The number of benzene rings is 1. The van der Waals surface area contributed by atoms with Crippen molar-refractivity contribution in [3.8, 4) is 0 Å². The Morgan fingerprint density at radius 2 is 1.91 bits per heavy atom. The number of ether oxygens (including phenoxy) is 2. The molecule has 1 fully saturated rings. The number of hydrogen-bond acceptors (Lipinski definition) is 6. The van der Waals surface area contributed by atoms with Crippen LogP contribution in [0.15, 0.2) is 48.5 Å². The first-order valence-electron chi connectivity index (χ1n) is 11.7. The lowest BCUT2D eigenvalue weighted by molar-refractivity contribution is 0.0636.